The summed E-state index contributed by atoms with van der Waals surface area (Å²) in [6, 6.07) is 3.53. The molecule has 0 aliphatic carbocycles. The zero-order valence-corrected chi connectivity index (χ0v) is 8.82. The molecule has 0 aliphatic rings. The van der Waals surface area contributed by atoms with E-state index in [0.29, 0.717) is 17.7 Å². The van der Waals surface area contributed by atoms with Crippen LogP contribution in [0.3, 0.4) is 0 Å². The Hall–Kier alpha value is -0.610. The van der Waals surface area contributed by atoms with Gasteiger partial charge in [-0.15, -0.1) is 0 Å². The highest BCUT2D eigenvalue weighted by molar-refractivity contribution is 7.80. The van der Waals surface area contributed by atoms with Crippen molar-refractivity contribution in [3.8, 4) is 0 Å². The molecule has 1 atom stereocenters. The Morgan fingerprint density at radius 2 is 2.14 bits per heavy atom. The smallest absolute Gasteiger partial charge is 0.130 e. The van der Waals surface area contributed by atoms with Crippen LogP contribution in [0.5, 0.6) is 0 Å². The van der Waals surface area contributed by atoms with Gasteiger partial charge in [-0.05, 0) is 25.3 Å². The van der Waals surface area contributed by atoms with Gasteiger partial charge in [-0.2, -0.15) is 12.6 Å². The third kappa shape index (κ3) is 2.69. The van der Waals surface area contributed by atoms with Gasteiger partial charge in [0.05, 0.1) is 0 Å². The average Bonchev–Trinajstić information content (AvgIpc) is 2.15. The molecule has 4 heteroatoms. The monoisotopic (exact) mass is 217 g/mol. The summed E-state index contributed by atoms with van der Waals surface area (Å²) in [6.45, 7) is 0. The van der Waals surface area contributed by atoms with E-state index >= 15 is 0 Å². The molecule has 0 saturated heterocycles. The van der Waals surface area contributed by atoms with Crippen LogP contribution >= 0.6 is 12.6 Å². The molecule has 14 heavy (non-hydrogen) atoms. The number of halogens is 2. The van der Waals surface area contributed by atoms with Gasteiger partial charge in [0.15, 0.2) is 0 Å². The molecule has 0 fully saturated rings. The third-order valence-electron chi connectivity index (χ3n) is 2.10. The second-order valence-electron chi connectivity index (χ2n) is 3.02. The number of hydrogen-bond acceptors (Lipinski definition) is 2. The minimum atomic E-state index is -0.549. The van der Waals surface area contributed by atoms with E-state index in [0.717, 1.165) is 6.07 Å². The van der Waals surface area contributed by atoms with Crippen LogP contribution < -0.4 is 5.32 Å². The summed E-state index contributed by atoms with van der Waals surface area (Å²) in [5.41, 5.74) is 0.489. The maximum Gasteiger partial charge on any atom is 0.130 e. The summed E-state index contributed by atoms with van der Waals surface area (Å²) in [4.78, 5) is 0. The molecule has 0 aliphatic heterocycles. The minimum Gasteiger partial charge on any atom is -0.313 e. The largest absolute Gasteiger partial charge is 0.313 e. The number of rotatable bonds is 4. The fraction of sp³-hybridized carbons (Fsp3) is 0.400. The zero-order valence-electron chi connectivity index (χ0n) is 7.93. The van der Waals surface area contributed by atoms with Gasteiger partial charge in [0.25, 0.3) is 0 Å². The van der Waals surface area contributed by atoms with Crippen molar-refractivity contribution >= 4 is 12.6 Å². The molecular weight excluding hydrogens is 204 g/mol. The molecule has 0 spiro atoms. The van der Waals surface area contributed by atoms with Crippen molar-refractivity contribution in [3.05, 3.63) is 35.4 Å². The summed E-state index contributed by atoms with van der Waals surface area (Å²) in [5, 5.41) is 2.97. The lowest BCUT2D eigenvalue weighted by molar-refractivity contribution is 0.517. The van der Waals surface area contributed by atoms with E-state index < -0.39 is 11.6 Å². The lowest BCUT2D eigenvalue weighted by Gasteiger charge is -2.15. The Balaban J connectivity index is 2.92. The van der Waals surface area contributed by atoms with Crippen molar-refractivity contribution in [2.45, 2.75) is 12.5 Å². The van der Waals surface area contributed by atoms with Crippen LogP contribution in [-0.2, 0) is 0 Å². The van der Waals surface area contributed by atoms with Gasteiger partial charge in [-0.1, -0.05) is 6.07 Å². The Morgan fingerprint density at radius 3 is 2.64 bits per heavy atom. The highest BCUT2D eigenvalue weighted by Gasteiger charge is 2.13. The van der Waals surface area contributed by atoms with Crippen LogP contribution in [0.25, 0.3) is 0 Å². The van der Waals surface area contributed by atoms with E-state index in [4.69, 9.17) is 0 Å². The first-order valence-electron chi connectivity index (χ1n) is 4.42. The molecule has 0 aromatic heterocycles. The fourth-order valence-electron chi connectivity index (χ4n) is 1.37. The van der Waals surface area contributed by atoms with Crippen LogP contribution in [0.2, 0.25) is 0 Å². The molecule has 0 bridgehead atoms. The summed E-state index contributed by atoms with van der Waals surface area (Å²) in [6.07, 6.45) is 0.710. The van der Waals surface area contributed by atoms with Crippen molar-refractivity contribution in [2.24, 2.45) is 0 Å². The maximum absolute atomic E-state index is 13.3. The first-order valence-corrected chi connectivity index (χ1v) is 5.05. The lowest BCUT2D eigenvalue weighted by atomic mass is 10.0. The van der Waals surface area contributed by atoms with Gasteiger partial charge in [-0.25, -0.2) is 8.78 Å². The number of hydrogen-bond donors (Lipinski definition) is 2. The predicted molar refractivity (Wildman–Crippen MR) is 56.6 cm³/mol. The SMILES string of the molecule is CNC(CCS)c1ccc(F)cc1F. The Labute approximate surface area is 87.9 Å². The first-order chi connectivity index (χ1) is 6.69. The summed E-state index contributed by atoms with van der Waals surface area (Å²) < 4.78 is 25.9. The van der Waals surface area contributed by atoms with E-state index in [2.05, 4.69) is 17.9 Å². The topological polar surface area (TPSA) is 12.0 Å². The predicted octanol–water partition coefficient (Wildman–Crippen LogP) is 2.55. The van der Waals surface area contributed by atoms with Gasteiger partial charge < -0.3 is 5.32 Å². The van der Waals surface area contributed by atoms with Gasteiger partial charge in [0, 0.05) is 17.7 Å². The second-order valence-corrected chi connectivity index (χ2v) is 3.47. The standard InChI is InChI=1S/C10H13F2NS/c1-13-10(4-5-14)8-3-2-7(11)6-9(8)12/h2-3,6,10,13-14H,4-5H2,1H3. The number of benzene rings is 1. The molecule has 78 valence electrons. The third-order valence-corrected chi connectivity index (χ3v) is 2.36. The molecule has 1 rings (SSSR count). The molecule has 0 amide bonds. The van der Waals surface area contributed by atoms with Crippen molar-refractivity contribution < 1.29 is 8.78 Å². The Bertz CT molecular complexity index is 304. The minimum absolute atomic E-state index is 0.104. The molecular formula is C10H13F2NS. The maximum atomic E-state index is 13.3. The van der Waals surface area contributed by atoms with Crippen LogP contribution in [-0.4, -0.2) is 12.8 Å². The van der Waals surface area contributed by atoms with Crippen molar-refractivity contribution in [1.29, 1.82) is 0 Å². The lowest BCUT2D eigenvalue weighted by Crippen LogP contribution is -2.18. The fourth-order valence-corrected chi connectivity index (χ4v) is 1.63. The number of nitrogens with one attached hydrogen (secondary N) is 1. The molecule has 1 nitrogen and oxygen atoms in total. The Morgan fingerprint density at radius 1 is 1.43 bits per heavy atom. The van der Waals surface area contributed by atoms with E-state index in [1.807, 2.05) is 0 Å². The van der Waals surface area contributed by atoms with Crippen molar-refractivity contribution in [1.82, 2.24) is 5.32 Å². The van der Waals surface area contributed by atoms with Gasteiger partial charge >= 0.3 is 0 Å². The first kappa shape index (κ1) is 11.5. The second kappa shape index (κ2) is 5.32. The molecule has 1 N–H and O–H groups in total. The van der Waals surface area contributed by atoms with Gasteiger partial charge in [0.2, 0.25) is 0 Å². The van der Waals surface area contributed by atoms with Crippen LogP contribution in [0.1, 0.15) is 18.0 Å². The Kier molecular flexibility index (Phi) is 4.35. The summed E-state index contributed by atoms with van der Waals surface area (Å²) >= 11 is 4.08. The summed E-state index contributed by atoms with van der Waals surface area (Å²) in [5.74, 6) is -0.402. The van der Waals surface area contributed by atoms with Crippen LogP contribution in [0.4, 0.5) is 8.78 Å². The molecule has 1 aromatic rings. The van der Waals surface area contributed by atoms with Crippen molar-refractivity contribution in [3.63, 3.8) is 0 Å². The molecule has 0 saturated carbocycles. The van der Waals surface area contributed by atoms with Crippen molar-refractivity contribution in [2.75, 3.05) is 12.8 Å². The molecule has 0 heterocycles. The normalized spacial score (nSPS) is 12.9. The average molecular weight is 217 g/mol. The molecule has 1 aromatic carbocycles. The quantitative estimate of drug-likeness (QED) is 0.739. The highest BCUT2D eigenvalue weighted by atomic mass is 32.1. The van der Waals surface area contributed by atoms with E-state index in [1.165, 1.54) is 12.1 Å². The van der Waals surface area contributed by atoms with Gasteiger partial charge in [0.1, 0.15) is 11.6 Å². The highest BCUT2D eigenvalue weighted by Crippen LogP contribution is 2.20. The summed E-state index contributed by atoms with van der Waals surface area (Å²) in [7, 11) is 1.75. The van der Waals surface area contributed by atoms with Crippen LogP contribution in [0.15, 0.2) is 18.2 Å². The van der Waals surface area contributed by atoms with Crippen LogP contribution in [0, 0.1) is 11.6 Å². The number of thiol groups is 1. The molecule has 0 radical (unpaired) electrons. The van der Waals surface area contributed by atoms with E-state index in [1.54, 1.807) is 7.05 Å². The zero-order chi connectivity index (χ0) is 10.6. The van der Waals surface area contributed by atoms with E-state index in [-0.39, 0.29) is 6.04 Å². The van der Waals surface area contributed by atoms with E-state index in [9.17, 15) is 8.78 Å². The van der Waals surface area contributed by atoms with Gasteiger partial charge in [-0.3, -0.25) is 0 Å². The molecule has 1 unspecified atom stereocenters.